The molecule has 3 rings (SSSR count). The fourth-order valence-electron chi connectivity index (χ4n) is 3.37. The number of carboxylic acids is 1. The second kappa shape index (κ2) is 6.28. The first-order chi connectivity index (χ1) is 12.0. The largest absolute Gasteiger partial charge is 0.478 e. The van der Waals surface area contributed by atoms with Gasteiger partial charge in [-0.05, 0) is 48.4 Å². The van der Waals surface area contributed by atoms with Gasteiger partial charge in [-0.1, -0.05) is 13.8 Å². The van der Waals surface area contributed by atoms with E-state index in [2.05, 4.69) is 4.84 Å². The predicted molar refractivity (Wildman–Crippen MR) is 92.3 cm³/mol. The van der Waals surface area contributed by atoms with E-state index >= 15 is 0 Å². The molecule has 26 heavy (non-hydrogen) atoms. The number of alkyl halides is 3. The van der Waals surface area contributed by atoms with Gasteiger partial charge >= 0.3 is 12.1 Å². The molecule has 2 aromatic rings. The molecular weight excluding hydrogens is 367 g/mol. The molecule has 1 aromatic heterocycles. The average Bonchev–Trinajstić information content (AvgIpc) is 2.90. The van der Waals surface area contributed by atoms with E-state index in [1.807, 2.05) is 13.8 Å². The summed E-state index contributed by atoms with van der Waals surface area (Å²) in [6.45, 7) is 4.07. The molecule has 0 saturated heterocycles. The van der Waals surface area contributed by atoms with Gasteiger partial charge in [0.15, 0.2) is 0 Å². The molecule has 0 fully saturated rings. The molecule has 140 valence electrons. The molecule has 0 saturated carbocycles. The molecule has 1 aliphatic rings. The summed E-state index contributed by atoms with van der Waals surface area (Å²) in [7, 11) is 0. The monoisotopic (exact) mass is 385 g/mol. The number of nitrogens with two attached hydrogens (primary N) is 1. The third kappa shape index (κ3) is 3.31. The van der Waals surface area contributed by atoms with Crippen LogP contribution in [0.3, 0.4) is 0 Å². The first-order valence-corrected chi connectivity index (χ1v) is 8.81. The number of benzene rings is 1. The predicted octanol–water partition coefficient (Wildman–Crippen LogP) is 4.90. The maximum Gasteiger partial charge on any atom is 0.417 e. The van der Waals surface area contributed by atoms with E-state index in [1.165, 1.54) is 12.1 Å². The van der Waals surface area contributed by atoms with E-state index < -0.39 is 17.7 Å². The van der Waals surface area contributed by atoms with Crippen molar-refractivity contribution in [3.63, 3.8) is 0 Å². The van der Waals surface area contributed by atoms with E-state index in [0.717, 1.165) is 28.7 Å². The van der Waals surface area contributed by atoms with Crippen LogP contribution in [-0.2, 0) is 19.0 Å². The van der Waals surface area contributed by atoms with Crippen LogP contribution in [0.25, 0.3) is 10.4 Å². The maximum atomic E-state index is 13.6. The quantitative estimate of drug-likeness (QED) is 0.737. The minimum absolute atomic E-state index is 0.0234. The Morgan fingerprint density at radius 1 is 1.35 bits per heavy atom. The Kier molecular flexibility index (Phi) is 4.52. The molecule has 3 N–H and O–H groups in total. The van der Waals surface area contributed by atoms with Crippen LogP contribution in [0.4, 0.5) is 13.2 Å². The Bertz CT molecular complexity index is 871. The van der Waals surface area contributed by atoms with Crippen LogP contribution < -0.4 is 10.7 Å². The van der Waals surface area contributed by atoms with Crippen LogP contribution in [0.15, 0.2) is 18.2 Å². The highest BCUT2D eigenvalue weighted by atomic mass is 32.1. The number of hydrogen-bond donors (Lipinski definition) is 2. The molecule has 0 bridgehead atoms. The first-order valence-electron chi connectivity index (χ1n) is 7.99. The van der Waals surface area contributed by atoms with Crippen molar-refractivity contribution in [1.82, 2.24) is 0 Å². The molecule has 0 atom stereocenters. The van der Waals surface area contributed by atoms with Crippen molar-refractivity contribution >= 4 is 17.3 Å². The molecule has 0 radical (unpaired) electrons. The molecular formula is C18H18F3NO3S. The molecule has 0 amide bonds. The lowest BCUT2D eigenvalue weighted by Crippen LogP contribution is -2.22. The summed E-state index contributed by atoms with van der Waals surface area (Å²) in [5.41, 5.74) is -0.570. The molecule has 1 heterocycles. The van der Waals surface area contributed by atoms with E-state index in [4.69, 9.17) is 5.90 Å². The van der Waals surface area contributed by atoms with Gasteiger partial charge < -0.3 is 9.94 Å². The Morgan fingerprint density at radius 3 is 2.62 bits per heavy atom. The van der Waals surface area contributed by atoms with Crippen molar-refractivity contribution in [2.75, 3.05) is 0 Å². The Hall–Kier alpha value is -2.06. The summed E-state index contributed by atoms with van der Waals surface area (Å²) in [6.07, 6.45) is -2.60. The highest BCUT2D eigenvalue weighted by Gasteiger charge is 2.38. The minimum atomic E-state index is -4.66. The normalized spacial score (nSPS) is 16.2. The lowest BCUT2D eigenvalue weighted by molar-refractivity contribution is -0.137. The molecule has 8 heteroatoms. The molecule has 4 nitrogen and oxygen atoms in total. The van der Waals surface area contributed by atoms with Crippen LogP contribution in [-0.4, -0.2) is 11.1 Å². The highest BCUT2D eigenvalue weighted by molar-refractivity contribution is 7.16. The number of carboxylic acid groups (broad SMARTS) is 1. The Balaban J connectivity index is 2.26. The zero-order valence-electron chi connectivity index (χ0n) is 14.2. The van der Waals surface area contributed by atoms with Crippen molar-refractivity contribution in [2.24, 2.45) is 11.3 Å². The topological polar surface area (TPSA) is 72.5 Å². The molecule has 1 aromatic carbocycles. The van der Waals surface area contributed by atoms with Crippen molar-refractivity contribution in [3.05, 3.63) is 39.8 Å². The molecule has 0 spiro atoms. The number of carbonyl (C=O) groups is 1. The molecule has 1 aliphatic carbocycles. The van der Waals surface area contributed by atoms with Crippen LogP contribution in [0.5, 0.6) is 5.75 Å². The van der Waals surface area contributed by atoms with E-state index in [9.17, 15) is 23.1 Å². The van der Waals surface area contributed by atoms with Crippen LogP contribution in [0.1, 0.15) is 46.6 Å². The summed E-state index contributed by atoms with van der Waals surface area (Å²) < 4.78 is 40.7. The summed E-state index contributed by atoms with van der Waals surface area (Å²) in [5, 5.41) is 9.72. The maximum absolute atomic E-state index is 13.6. The SMILES string of the molecule is CC1(C)CCc2sc(-c3ccc(ON)cc3C(F)(F)F)c(C(=O)O)c2C1. The van der Waals surface area contributed by atoms with Crippen molar-refractivity contribution < 1.29 is 27.9 Å². The second-order valence-corrected chi connectivity index (χ2v) is 8.28. The average molecular weight is 385 g/mol. The third-order valence-corrected chi connectivity index (χ3v) is 5.99. The van der Waals surface area contributed by atoms with Gasteiger partial charge in [-0.3, -0.25) is 0 Å². The number of aryl methyl sites for hydroxylation is 1. The highest BCUT2D eigenvalue weighted by Crippen LogP contribution is 2.48. The van der Waals surface area contributed by atoms with Gasteiger partial charge in [0.05, 0.1) is 11.1 Å². The van der Waals surface area contributed by atoms with Crippen molar-refractivity contribution in [2.45, 2.75) is 39.3 Å². The number of aromatic carboxylic acids is 1. The Morgan fingerprint density at radius 2 is 2.04 bits per heavy atom. The third-order valence-electron chi connectivity index (χ3n) is 4.67. The second-order valence-electron chi connectivity index (χ2n) is 7.18. The summed E-state index contributed by atoms with van der Waals surface area (Å²) in [5.74, 6) is 3.63. The van der Waals surface area contributed by atoms with E-state index in [0.29, 0.717) is 18.4 Å². The zero-order chi connectivity index (χ0) is 19.3. The van der Waals surface area contributed by atoms with Crippen molar-refractivity contribution in [3.8, 4) is 16.2 Å². The van der Waals surface area contributed by atoms with Gasteiger partial charge in [-0.15, -0.1) is 11.3 Å². The Labute approximate surface area is 152 Å². The van der Waals surface area contributed by atoms with Gasteiger partial charge in [0.25, 0.3) is 0 Å². The standard InChI is InChI=1S/C18H18F3NO3S/c1-17(2)6-5-13-11(8-17)14(16(23)24)15(26-13)10-4-3-9(25-22)7-12(10)18(19,20)21/h3-4,7H,5-6,8,22H2,1-2H3,(H,23,24). The number of hydrogen-bond acceptors (Lipinski definition) is 4. The lowest BCUT2D eigenvalue weighted by atomic mass is 9.76. The van der Waals surface area contributed by atoms with E-state index in [-0.39, 0.29) is 27.2 Å². The molecule has 0 unspecified atom stereocenters. The van der Waals surface area contributed by atoms with Gasteiger partial charge in [-0.2, -0.15) is 19.1 Å². The lowest BCUT2D eigenvalue weighted by Gasteiger charge is -2.29. The number of halogens is 3. The smallest absolute Gasteiger partial charge is 0.417 e. The molecule has 0 aliphatic heterocycles. The minimum Gasteiger partial charge on any atom is -0.478 e. The number of fused-ring (bicyclic) bond motifs is 1. The number of thiophene rings is 1. The zero-order valence-corrected chi connectivity index (χ0v) is 15.1. The fraction of sp³-hybridized carbons (Fsp3) is 0.389. The van der Waals surface area contributed by atoms with Crippen LogP contribution in [0.2, 0.25) is 0 Å². The van der Waals surface area contributed by atoms with E-state index in [1.54, 1.807) is 0 Å². The van der Waals surface area contributed by atoms with Crippen LogP contribution >= 0.6 is 11.3 Å². The van der Waals surface area contributed by atoms with Crippen LogP contribution in [0, 0.1) is 5.41 Å². The summed E-state index contributed by atoms with van der Waals surface area (Å²) in [6, 6.07) is 3.32. The van der Waals surface area contributed by atoms with Gasteiger partial charge in [0.2, 0.25) is 0 Å². The summed E-state index contributed by atoms with van der Waals surface area (Å²) >= 11 is 1.13. The van der Waals surface area contributed by atoms with Crippen molar-refractivity contribution in [1.29, 1.82) is 0 Å². The van der Waals surface area contributed by atoms with Gasteiger partial charge in [-0.25, -0.2) is 4.79 Å². The summed E-state index contributed by atoms with van der Waals surface area (Å²) in [4.78, 5) is 17.3. The number of rotatable bonds is 3. The fourth-order valence-corrected chi connectivity index (χ4v) is 4.71. The van der Waals surface area contributed by atoms with Gasteiger partial charge in [0, 0.05) is 15.3 Å². The first kappa shape index (κ1) is 18.7. The van der Waals surface area contributed by atoms with Gasteiger partial charge in [0.1, 0.15) is 5.75 Å².